The molecule has 0 amide bonds. The highest BCUT2D eigenvalue weighted by Gasteiger charge is 2.31. The van der Waals surface area contributed by atoms with Crippen molar-refractivity contribution >= 4 is 28.8 Å². The zero-order valence-corrected chi connectivity index (χ0v) is 14.1. The molecule has 0 unspecified atom stereocenters. The van der Waals surface area contributed by atoms with Crippen molar-refractivity contribution < 1.29 is 13.2 Å². The van der Waals surface area contributed by atoms with Gasteiger partial charge in [-0.15, -0.1) is 0 Å². The van der Waals surface area contributed by atoms with E-state index in [4.69, 9.17) is 12.2 Å². The minimum atomic E-state index is -4.36. The second-order valence-corrected chi connectivity index (χ2v) is 6.06. The molecule has 1 aromatic carbocycles. The van der Waals surface area contributed by atoms with Gasteiger partial charge in [0.2, 0.25) is 0 Å². The van der Waals surface area contributed by atoms with Crippen LogP contribution in [0.4, 0.5) is 24.7 Å². The van der Waals surface area contributed by atoms with Crippen molar-refractivity contribution in [3.05, 3.63) is 54.2 Å². The van der Waals surface area contributed by atoms with Crippen molar-refractivity contribution in [3.8, 4) is 0 Å². The number of hydrogen-bond donors (Lipinski definition) is 1. The normalized spacial score (nSPS) is 15.2. The third-order valence-corrected chi connectivity index (χ3v) is 4.35. The number of nitrogens with zero attached hydrogens (tertiary/aromatic N) is 3. The van der Waals surface area contributed by atoms with Crippen molar-refractivity contribution in [3.63, 3.8) is 0 Å². The quantitative estimate of drug-likeness (QED) is 0.821. The first-order valence-corrected chi connectivity index (χ1v) is 8.23. The molecule has 1 aromatic heterocycles. The van der Waals surface area contributed by atoms with Crippen molar-refractivity contribution in [2.75, 3.05) is 36.4 Å². The van der Waals surface area contributed by atoms with Crippen LogP contribution in [0.2, 0.25) is 0 Å². The van der Waals surface area contributed by atoms with Crippen LogP contribution in [0, 0.1) is 0 Å². The van der Waals surface area contributed by atoms with Crippen LogP contribution in [0.3, 0.4) is 0 Å². The molecule has 8 heteroatoms. The number of nitrogens with one attached hydrogen (secondary N) is 1. The summed E-state index contributed by atoms with van der Waals surface area (Å²) in [7, 11) is 0. The summed E-state index contributed by atoms with van der Waals surface area (Å²) in [6.45, 7) is 2.66. The van der Waals surface area contributed by atoms with E-state index in [1.807, 2.05) is 40.1 Å². The molecule has 0 saturated carbocycles. The van der Waals surface area contributed by atoms with Gasteiger partial charge in [0.25, 0.3) is 0 Å². The fraction of sp³-hybridized carbons (Fsp3) is 0.294. The molecular formula is C17H17F3N4S. The van der Waals surface area contributed by atoms with Crippen molar-refractivity contribution in [1.29, 1.82) is 0 Å². The van der Waals surface area contributed by atoms with Gasteiger partial charge in [-0.05, 0) is 36.5 Å². The molecule has 1 aliphatic rings. The SMILES string of the molecule is FC(F)(F)c1ccc(N2CCN(C(=S)Nc3ccccc3)CC2)nc1. The van der Waals surface area contributed by atoms with Crippen LogP contribution in [-0.4, -0.2) is 41.2 Å². The molecule has 3 rings (SSSR count). The van der Waals surface area contributed by atoms with Gasteiger partial charge in [0.15, 0.2) is 5.11 Å². The molecule has 2 aromatic rings. The second kappa shape index (κ2) is 7.26. The predicted octanol–water partition coefficient (Wildman–Crippen LogP) is 3.62. The van der Waals surface area contributed by atoms with Crippen LogP contribution < -0.4 is 10.2 Å². The van der Waals surface area contributed by atoms with Gasteiger partial charge in [-0.2, -0.15) is 13.2 Å². The van der Waals surface area contributed by atoms with Gasteiger partial charge in [0, 0.05) is 38.1 Å². The summed E-state index contributed by atoms with van der Waals surface area (Å²) in [5.41, 5.74) is 0.197. The molecule has 1 fully saturated rings. The number of rotatable bonds is 2. The highest BCUT2D eigenvalue weighted by Crippen LogP contribution is 2.29. The minimum absolute atomic E-state index is 0.551. The van der Waals surface area contributed by atoms with Crippen molar-refractivity contribution in [2.24, 2.45) is 0 Å². The number of aromatic nitrogens is 1. The van der Waals surface area contributed by atoms with Gasteiger partial charge in [0.05, 0.1) is 5.56 Å². The maximum absolute atomic E-state index is 12.6. The number of para-hydroxylation sites is 1. The van der Waals surface area contributed by atoms with Gasteiger partial charge >= 0.3 is 6.18 Å². The molecule has 2 heterocycles. The maximum Gasteiger partial charge on any atom is 0.417 e. The molecule has 1 saturated heterocycles. The Balaban J connectivity index is 1.55. The standard InChI is InChI=1S/C17H17F3N4S/c18-17(19,20)13-6-7-15(21-12-13)23-8-10-24(11-9-23)16(25)22-14-4-2-1-3-5-14/h1-7,12H,8-11H2,(H,22,25). The fourth-order valence-corrected chi connectivity index (χ4v) is 2.90. The monoisotopic (exact) mass is 366 g/mol. The summed E-state index contributed by atoms with van der Waals surface area (Å²) in [6, 6.07) is 12.2. The average molecular weight is 366 g/mol. The predicted molar refractivity (Wildman–Crippen MR) is 95.7 cm³/mol. The molecule has 0 aliphatic carbocycles. The highest BCUT2D eigenvalue weighted by atomic mass is 32.1. The molecule has 4 nitrogen and oxygen atoms in total. The summed E-state index contributed by atoms with van der Waals surface area (Å²) in [6.07, 6.45) is -3.48. The number of anilines is 2. The number of piperazine rings is 1. The molecule has 1 aliphatic heterocycles. The third kappa shape index (κ3) is 4.39. The molecule has 0 spiro atoms. The Labute approximate surface area is 149 Å². The number of halogens is 3. The third-order valence-electron chi connectivity index (χ3n) is 3.99. The maximum atomic E-state index is 12.6. The molecule has 1 N–H and O–H groups in total. The fourth-order valence-electron chi connectivity index (χ4n) is 2.60. The molecule has 0 bridgehead atoms. The number of benzene rings is 1. The van der Waals surface area contributed by atoms with E-state index in [0.29, 0.717) is 37.1 Å². The summed E-state index contributed by atoms with van der Waals surface area (Å²) in [5.74, 6) is 0.551. The minimum Gasteiger partial charge on any atom is -0.353 e. The Bertz CT molecular complexity index is 711. The Morgan fingerprint density at radius 2 is 1.68 bits per heavy atom. The Hall–Kier alpha value is -2.35. The summed E-state index contributed by atoms with van der Waals surface area (Å²) in [4.78, 5) is 7.95. The Morgan fingerprint density at radius 1 is 1.00 bits per heavy atom. The lowest BCUT2D eigenvalue weighted by molar-refractivity contribution is -0.137. The topological polar surface area (TPSA) is 31.4 Å². The first kappa shape index (κ1) is 17.5. The molecule has 132 valence electrons. The van der Waals surface area contributed by atoms with Gasteiger partial charge in [-0.1, -0.05) is 18.2 Å². The van der Waals surface area contributed by atoms with E-state index in [2.05, 4.69) is 10.3 Å². The van der Waals surface area contributed by atoms with E-state index in [1.165, 1.54) is 6.07 Å². The summed E-state index contributed by atoms with van der Waals surface area (Å²) < 4.78 is 37.8. The van der Waals surface area contributed by atoms with Gasteiger partial charge in [-0.3, -0.25) is 0 Å². The van der Waals surface area contributed by atoms with Gasteiger partial charge in [-0.25, -0.2) is 4.98 Å². The van der Waals surface area contributed by atoms with Crippen molar-refractivity contribution in [1.82, 2.24) is 9.88 Å². The van der Waals surface area contributed by atoms with E-state index in [-0.39, 0.29) is 0 Å². The van der Waals surface area contributed by atoms with Crippen LogP contribution in [-0.2, 0) is 6.18 Å². The number of thiocarbonyl (C=S) groups is 1. The van der Waals surface area contributed by atoms with Crippen molar-refractivity contribution in [2.45, 2.75) is 6.18 Å². The van der Waals surface area contributed by atoms with E-state index >= 15 is 0 Å². The zero-order valence-electron chi connectivity index (χ0n) is 13.3. The van der Waals surface area contributed by atoms with E-state index in [0.717, 1.165) is 18.0 Å². The van der Waals surface area contributed by atoms with Crippen LogP contribution in [0.15, 0.2) is 48.7 Å². The first-order chi connectivity index (χ1) is 11.9. The number of pyridine rings is 1. The molecule has 25 heavy (non-hydrogen) atoms. The zero-order chi connectivity index (χ0) is 17.9. The first-order valence-electron chi connectivity index (χ1n) is 7.83. The Morgan fingerprint density at radius 3 is 2.24 bits per heavy atom. The summed E-state index contributed by atoms with van der Waals surface area (Å²) >= 11 is 5.43. The van der Waals surface area contributed by atoms with E-state index in [9.17, 15) is 13.2 Å². The van der Waals surface area contributed by atoms with Crippen LogP contribution in [0.25, 0.3) is 0 Å². The molecular weight excluding hydrogens is 349 g/mol. The van der Waals surface area contributed by atoms with Gasteiger partial charge < -0.3 is 15.1 Å². The molecule has 0 atom stereocenters. The molecule has 0 radical (unpaired) electrons. The van der Waals surface area contributed by atoms with E-state index in [1.54, 1.807) is 0 Å². The van der Waals surface area contributed by atoms with Gasteiger partial charge in [0.1, 0.15) is 5.82 Å². The number of hydrogen-bond acceptors (Lipinski definition) is 3. The lowest BCUT2D eigenvalue weighted by Gasteiger charge is -2.36. The smallest absolute Gasteiger partial charge is 0.353 e. The van der Waals surface area contributed by atoms with E-state index < -0.39 is 11.7 Å². The summed E-state index contributed by atoms with van der Waals surface area (Å²) in [5, 5.41) is 3.83. The second-order valence-electron chi connectivity index (χ2n) is 5.67. The van der Waals surface area contributed by atoms with Crippen LogP contribution in [0.1, 0.15) is 5.56 Å². The van der Waals surface area contributed by atoms with Crippen LogP contribution in [0.5, 0.6) is 0 Å². The number of alkyl halides is 3. The average Bonchev–Trinajstić information content (AvgIpc) is 2.62. The lowest BCUT2D eigenvalue weighted by atomic mass is 10.2. The largest absolute Gasteiger partial charge is 0.417 e. The van der Waals surface area contributed by atoms with Crippen LogP contribution >= 0.6 is 12.2 Å². The Kier molecular flexibility index (Phi) is 5.08. The lowest BCUT2D eigenvalue weighted by Crippen LogP contribution is -2.50. The highest BCUT2D eigenvalue weighted by molar-refractivity contribution is 7.80.